The van der Waals surface area contributed by atoms with Crippen LogP contribution in [0.1, 0.15) is 23.4 Å². The number of nitrogens with zero attached hydrogens (tertiary/aromatic N) is 4. The lowest BCUT2D eigenvalue weighted by Crippen LogP contribution is -2.36. The lowest BCUT2D eigenvalue weighted by molar-refractivity contribution is -0.192. The molecule has 2 atom stereocenters. The first-order valence-corrected chi connectivity index (χ1v) is 8.68. The van der Waals surface area contributed by atoms with Crippen LogP contribution in [0, 0.1) is 6.92 Å². The van der Waals surface area contributed by atoms with E-state index in [0.29, 0.717) is 0 Å². The Kier molecular flexibility index (Phi) is 7.14. The summed E-state index contributed by atoms with van der Waals surface area (Å²) in [5.74, 6) is -2.76. The van der Waals surface area contributed by atoms with E-state index in [1.165, 1.54) is 5.56 Å². The van der Waals surface area contributed by atoms with Crippen LogP contribution in [0.2, 0.25) is 0 Å². The van der Waals surface area contributed by atoms with Gasteiger partial charge in [0, 0.05) is 38.1 Å². The Morgan fingerprint density at radius 3 is 2.57 bits per heavy atom. The molecular weight excluding hydrogens is 377 g/mol. The van der Waals surface area contributed by atoms with E-state index >= 15 is 0 Å². The van der Waals surface area contributed by atoms with Gasteiger partial charge in [0.25, 0.3) is 0 Å². The van der Waals surface area contributed by atoms with E-state index in [0.717, 1.165) is 37.3 Å². The van der Waals surface area contributed by atoms with E-state index in [1.807, 2.05) is 43.2 Å². The van der Waals surface area contributed by atoms with Gasteiger partial charge in [-0.05, 0) is 37.5 Å². The van der Waals surface area contributed by atoms with Gasteiger partial charge in [0.1, 0.15) is 0 Å². The third kappa shape index (κ3) is 6.31. The van der Waals surface area contributed by atoms with Gasteiger partial charge in [-0.2, -0.15) is 18.3 Å². The zero-order chi connectivity index (χ0) is 20.9. The van der Waals surface area contributed by atoms with Crippen LogP contribution in [0.4, 0.5) is 13.2 Å². The summed E-state index contributed by atoms with van der Waals surface area (Å²) >= 11 is 0. The summed E-state index contributed by atoms with van der Waals surface area (Å²) in [6, 6.07) is 6.26. The molecule has 0 saturated carbocycles. The fourth-order valence-corrected chi connectivity index (χ4v) is 3.08. The molecule has 1 fully saturated rings. The fourth-order valence-electron chi connectivity index (χ4n) is 3.08. The zero-order valence-corrected chi connectivity index (χ0v) is 15.6. The predicted octanol–water partition coefficient (Wildman–Crippen LogP) is 1.93. The van der Waals surface area contributed by atoms with E-state index in [4.69, 9.17) is 9.90 Å². The van der Waals surface area contributed by atoms with Crippen molar-refractivity contribution in [3.8, 4) is 0 Å². The molecule has 10 heteroatoms. The van der Waals surface area contributed by atoms with Crippen molar-refractivity contribution in [1.82, 2.24) is 19.7 Å². The number of carbonyl (C=O) groups is 1. The van der Waals surface area contributed by atoms with Crippen LogP contribution in [0.5, 0.6) is 0 Å². The molecule has 28 heavy (non-hydrogen) atoms. The number of carboxylic acids is 1. The number of likely N-dealkylation sites (tertiary alicyclic amines) is 1. The molecule has 2 aromatic heterocycles. The second kappa shape index (κ2) is 9.16. The normalized spacial score (nSPS) is 19.9. The number of rotatable bonds is 4. The zero-order valence-electron chi connectivity index (χ0n) is 15.6. The third-order valence-corrected chi connectivity index (χ3v) is 4.38. The van der Waals surface area contributed by atoms with Crippen LogP contribution in [-0.2, 0) is 24.8 Å². The highest BCUT2D eigenvalue weighted by Gasteiger charge is 2.38. The number of aliphatic hydroxyl groups is 1. The standard InChI is InChI=1S/C16H22N4O.C2HF3O2/c1-12-4-3-5-14(18-12)11-20-7-6-16(21)15(20)8-13-9-17-19(2)10-13;3-2(4,5)1(6)7/h3-5,9-10,15-16,21H,6-8,11H2,1-2H3;(H,6,7)/t15-,16+;/m0./s1. The number of carboxylic acid groups (broad SMARTS) is 1. The van der Waals surface area contributed by atoms with Crippen molar-refractivity contribution in [3.05, 3.63) is 47.5 Å². The highest BCUT2D eigenvalue weighted by atomic mass is 19.4. The monoisotopic (exact) mass is 400 g/mol. The maximum atomic E-state index is 10.6. The van der Waals surface area contributed by atoms with Gasteiger partial charge in [0.05, 0.1) is 18.0 Å². The lowest BCUT2D eigenvalue weighted by atomic mass is 10.0. The van der Waals surface area contributed by atoms with E-state index in [9.17, 15) is 18.3 Å². The molecular formula is C18H23F3N4O3. The van der Waals surface area contributed by atoms with Gasteiger partial charge < -0.3 is 10.2 Å². The number of alkyl halides is 3. The molecule has 2 aromatic rings. The maximum absolute atomic E-state index is 10.6. The Morgan fingerprint density at radius 2 is 2.04 bits per heavy atom. The van der Waals surface area contributed by atoms with E-state index in [-0.39, 0.29) is 12.1 Å². The largest absolute Gasteiger partial charge is 0.490 e. The van der Waals surface area contributed by atoms with Gasteiger partial charge in [-0.3, -0.25) is 14.6 Å². The minimum Gasteiger partial charge on any atom is -0.475 e. The van der Waals surface area contributed by atoms with E-state index < -0.39 is 12.1 Å². The number of hydrogen-bond acceptors (Lipinski definition) is 5. The predicted molar refractivity (Wildman–Crippen MR) is 94.4 cm³/mol. The number of pyridine rings is 1. The van der Waals surface area contributed by atoms with Gasteiger partial charge in [0.2, 0.25) is 0 Å². The van der Waals surface area contributed by atoms with Gasteiger partial charge in [-0.15, -0.1) is 0 Å². The molecule has 7 nitrogen and oxygen atoms in total. The van der Waals surface area contributed by atoms with Crippen LogP contribution >= 0.6 is 0 Å². The van der Waals surface area contributed by atoms with Crippen LogP contribution in [-0.4, -0.2) is 60.7 Å². The first kappa shape index (κ1) is 21.8. The van der Waals surface area contributed by atoms with Gasteiger partial charge in [-0.1, -0.05) is 6.07 Å². The molecule has 2 N–H and O–H groups in total. The van der Waals surface area contributed by atoms with Crippen molar-refractivity contribution in [2.75, 3.05) is 6.54 Å². The Labute approximate surface area is 160 Å². The van der Waals surface area contributed by atoms with Crippen LogP contribution < -0.4 is 0 Å². The Bertz CT molecular complexity index is 794. The van der Waals surface area contributed by atoms with Crippen molar-refractivity contribution < 1.29 is 28.2 Å². The summed E-state index contributed by atoms with van der Waals surface area (Å²) in [4.78, 5) is 15.8. The molecule has 0 aliphatic carbocycles. The minimum atomic E-state index is -5.08. The summed E-state index contributed by atoms with van der Waals surface area (Å²) in [6.07, 6.45) is 0.217. The molecule has 0 unspecified atom stereocenters. The summed E-state index contributed by atoms with van der Waals surface area (Å²) in [5.41, 5.74) is 3.28. The van der Waals surface area contributed by atoms with Crippen molar-refractivity contribution in [1.29, 1.82) is 0 Å². The quantitative estimate of drug-likeness (QED) is 0.815. The molecule has 0 bridgehead atoms. The van der Waals surface area contributed by atoms with Gasteiger partial charge >= 0.3 is 12.1 Å². The molecule has 0 radical (unpaired) electrons. The lowest BCUT2D eigenvalue weighted by Gasteiger charge is -2.25. The second-order valence-electron chi connectivity index (χ2n) is 6.69. The summed E-state index contributed by atoms with van der Waals surface area (Å²) in [6.45, 7) is 3.72. The Morgan fingerprint density at radius 1 is 1.36 bits per heavy atom. The van der Waals surface area contributed by atoms with Crippen LogP contribution in [0.25, 0.3) is 0 Å². The molecule has 0 aromatic carbocycles. The van der Waals surface area contributed by atoms with Crippen molar-refractivity contribution in [2.45, 2.75) is 44.6 Å². The number of aliphatic hydroxyl groups excluding tert-OH is 1. The fraction of sp³-hybridized carbons (Fsp3) is 0.500. The Hall–Kier alpha value is -2.46. The first-order chi connectivity index (χ1) is 13.1. The molecule has 154 valence electrons. The van der Waals surface area contributed by atoms with Crippen LogP contribution in [0.3, 0.4) is 0 Å². The topological polar surface area (TPSA) is 91.5 Å². The minimum absolute atomic E-state index is 0.150. The van der Waals surface area contributed by atoms with Crippen molar-refractivity contribution in [3.63, 3.8) is 0 Å². The van der Waals surface area contributed by atoms with Gasteiger partial charge in [0.15, 0.2) is 0 Å². The van der Waals surface area contributed by atoms with Crippen LogP contribution in [0.15, 0.2) is 30.6 Å². The first-order valence-electron chi connectivity index (χ1n) is 8.68. The SMILES string of the molecule is Cc1cccc(CN2CC[C@@H](O)[C@@H]2Cc2cnn(C)c2)n1.O=C(O)C(F)(F)F. The van der Waals surface area contributed by atoms with Crippen molar-refractivity contribution >= 4 is 5.97 Å². The summed E-state index contributed by atoms with van der Waals surface area (Å²) in [5, 5.41) is 21.6. The second-order valence-corrected chi connectivity index (χ2v) is 6.69. The van der Waals surface area contributed by atoms with E-state index in [2.05, 4.69) is 21.0 Å². The number of aromatic nitrogens is 3. The molecule has 3 rings (SSSR count). The molecule has 0 amide bonds. The summed E-state index contributed by atoms with van der Waals surface area (Å²) < 4.78 is 33.5. The smallest absolute Gasteiger partial charge is 0.475 e. The van der Waals surface area contributed by atoms with E-state index in [1.54, 1.807) is 0 Å². The Balaban J connectivity index is 0.000000345. The number of aryl methyl sites for hydroxylation is 2. The molecule has 3 heterocycles. The highest BCUT2D eigenvalue weighted by Crippen LogP contribution is 2.23. The molecule has 0 spiro atoms. The summed E-state index contributed by atoms with van der Waals surface area (Å²) in [7, 11) is 1.92. The van der Waals surface area contributed by atoms with Gasteiger partial charge in [-0.25, -0.2) is 4.79 Å². The van der Waals surface area contributed by atoms with Crippen molar-refractivity contribution in [2.24, 2.45) is 7.05 Å². The average molecular weight is 400 g/mol. The molecule has 1 aliphatic rings. The number of hydrogen-bond donors (Lipinski definition) is 2. The number of halogens is 3. The maximum Gasteiger partial charge on any atom is 0.490 e. The molecule has 1 saturated heterocycles. The highest BCUT2D eigenvalue weighted by molar-refractivity contribution is 5.73. The molecule has 1 aliphatic heterocycles. The third-order valence-electron chi connectivity index (χ3n) is 4.38. The average Bonchev–Trinajstić information content (AvgIpc) is 3.15. The number of aliphatic carboxylic acids is 1.